The minimum absolute atomic E-state index is 0.0806. The predicted octanol–water partition coefficient (Wildman–Crippen LogP) is 1.90. The monoisotopic (exact) mass is 253 g/mol. The van der Waals surface area contributed by atoms with E-state index in [1.807, 2.05) is 6.92 Å². The van der Waals surface area contributed by atoms with Crippen molar-refractivity contribution in [3.8, 4) is 0 Å². The lowest BCUT2D eigenvalue weighted by Gasteiger charge is -2.11. The molecule has 0 aliphatic carbocycles. The van der Waals surface area contributed by atoms with Crippen molar-refractivity contribution >= 4 is 17.5 Å². The smallest absolute Gasteiger partial charge is 0.311 e. The molecule has 1 unspecified atom stereocenters. The molecule has 0 aliphatic heterocycles. The Morgan fingerprint density at radius 3 is 3.00 bits per heavy atom. The van der Waals surface area contributed by atoms with Gasteiger partial charge in [-0.05, 0) is 18.4 Å². The molecule has 1 aromatic rings. The Morgan fingerprint density at radius 1 is 1.67 bits per heavy atom. The van der Waals surface area contributed by atoms with E-state index in [1.165, 1.54) is 18.3 Å². The highest BCUT2D eigenvalue weighted by molar-refractivity contribution is 5.66. The summed E-state index contributed by atoms with van der Waals surface area (Å²) in [5.41, 5.74) is -0.0806. The first-order valence-corrected chi connectivity index (χ1v) is 5.55. The standard InChI is InChI=1S/C11H15N3O4/c1-8(4-5-10(15)16)7-13-11-9(14(17)18)3-2-6-12-11/h2-3,6,8H,4-5,7H2,1H3,(H,12,13)(H,15,16). The Bertz CT molecular complexity index is 436. The highest BCUT2D eigenvalue weighted by Gasteiger charge is 2.14. The molecule has 0 aromatic carbocycles. The number of aliphatic carboxylic acids is 1. The fourth-order valence-electron chi connectivity index (χ4n) is 1.42. The molecule has 0 bridgehead atoms. The van der Waals surface area contributed by atoms with Gasteiger partial charge in [-0.1, -0.05) is 6.92 Å². The molecule has 0 fully saturated rings. The number of pyridine rings is 1. The summed E-state index contributed by atoms with van der Waals surface area (Å²) in [4.78, 5) is 24.5. The maximum Gasteiger partial charge on any atom is 0.311 e. The van der Waals surface area contributed by atoms with Gasteiger partial charge in [0.25, 0.3) is 0 Å². The van der Waals surface area contributed by atoms with Gasteiger partial charge in [-0.15, -0.1) is 0 Å². The minimum Gasteiger partial charge on any atom is -0.481 e. The normalized spacial score (nSPS) is 11.8. The van der Waals surface area contributed by atoms with Crippen LogP contribution >= 0.6 is 0 Å². The van der Waals surface area contributed by atoms with Gasteiger partial charge in [0.05, 0.1) is 4.92 Å². The number of aromatic nitrogens is 1. The third-order valence-corrected chi connectivity index (χ3v) is 2.45. The number of nitrogens with zero attached hydrogens (tertiary/aromatic N) is 2. The van der Waals surface area contributed by atoms with Crippen LogP contribution in [0.25, 0.3) is 0 Å². The Labute approximate surface area is 104 Å². The van der Waals surface area contributed by atoms with Crippen molar-refractivity contribution in [1.82, 2.24) is 4.98 Å². The molecular formula is C11H15N3O4. The SMILES string of the molecule is CC(CCC(=O)O)CNc1ncccc1[N+](=O)[O-]. The second kappa shape index (κ2) is 6.53. The topological polar surface area (TPSA) is 105 Å². The van der Waals surface area contributed by atoms with E-state index in [2.05, 4.69) is 10.3 Å². The van der Waals surface area contributed by atoms with Crippen molar-refractivity contribution in [2.75, 3.05) is 11.9 Å². The molecule has 98 valence electrons. The minimum atomic E-state index is -0.842. The van der Waals surface area contributed by atoms with Crippen molar-refractivity contribution in [3.05, 3.63) is 28.4 Å². The Hall–Kier alpha value is -2.18. The van der Waals surface area contributed by atoms with Crippen LogP contribution in [0.4, 0.5) is 11.5 Å². The largest absolute Gasteiger partial charge is 0.481 e. The molecule has 0 aliphatic rings. The van der Waals surface area contributed by atoms with Gasteiger partial charge >= 0.3 is 11.7 Å². The summed E-state index contributed by atoms with van der Waals surface area (Å²) in [5.74, 6) is -0.530. The third kappa shape index (κ3) is 4.36. The number of nitro groups is 1. The molecule has 1 atom stereocenters. The van der Waals surface area contributed by atoms with Gasteiger partial charge in [-0.2, -0.15) is 0 Å². The first-order chi connectivity index (χ1) is 8.50. The molecule has 1 rings (SSSR count). The average molecular weight is 253 g/mol. The number of carbonyl (C=O) groups is 1. The summed E-state index contributed by atoms with van der Waals surface area (Å²) in [7, 11) is 0. The van der Waals surface area contributed by atoms with Gasteiger partial charge in [0.15, 0.2) is 0 Å². The summed E-state index contributed by atoms with van der Waals surface area (Å²) in [6.45, 7) is 2.33. The number of nitrogens with one attached hydrogen (secondary N) is 1. The molecule has 0 amide bonds. The van der Waals surface area contributed by atoms with Gasteiger partial charge in [0.2, 0.25) is 5.82 Å². The van der Waals surface area contributed by atoms with Crippen molar-refractivity contribution in [3.63, 3.8) is 0 Å². The van der Waals surface area contributed by atoms with Crippen molar-refractivity contribution in [1.29, 1.82) is 0 Å². The summed E-state index contributed by atoms with van der Waals surface area (Å²) in [6.07, 6.45) is 2.08. The van der Waals surface area contributed by atoms with E-state index in [0.717, 1.165) is 0 Å². The van der Waals surface area contributed by atoms with Crippen LogP contribution in [0, 0.1) is 16.0 Å². The molecule has 7 heteroatoms. The summed E-state index contributed by atoms with van der Waals surface area (Å²) < 4.78 is 0. The average Bonchev–Trinajstić information content (AvgIpc) is 2.34. The van der Waals surface area contributed by atoms with E-state index in [4.69, 9.17) is 5.11 Å². The highest BCUT2D eigenvalue weighted by Crippen LogP contribution is 2.20. The summed E-state index contributed by atoms with van der Waals surface area (Å²) >= 11 is 0. The second-order valence-electron chi connectivity index (χ2n) is 4.05. The fraction of sp³-hybridized carbons (Fsp3) is 0.455. The summed E-state index contributed by atoms with van der Waals surface area (Å²) in [6, 6.07) is 2.87. The molecule has 0 radical (unpaired) electrons. The Kier molecular flexibility index (Phi) is 5.04. The zero-order valence-electron chi connectivity index (χ0n) is 10.00. The molecular weight excluding hydrogens is 238 g/mol. The van der Waals surface area contributed by atoms with E-state index in [1.54, 1.807) is 0 Å². The van der Waals surface area contributed by atoms with Gasteiger partial charge in [-0.25, -0.2) is 4.98 Å². The number of carboxylic acids is 1. The van der Waals surface area contributed by atoms with Gasteiger partial charge in [-0.3, -0.25) is 14.9 Å². The second-order valence-corrected chi connectivity index (χ2v) is 4.05. The third-order valence-electron chi connectivity index (χ3n) is 2.45. The number of hydrogen-bond acceptors (Lipinski definition) is 5. The lowest BCUT2D eigenvalue weighted by molar-refractivity contribution is -0.384. The van der Waals surface area contributed by atoms with Crippen molar-refractivity contribution in [2.24, 2.45) is 5.92 Å². The number of hydrogen-bond donors (Lipinski definition) is 2. The van der Waals surface area contributed by atoms with Crippen LogP contribution in [0.15, 0.2) is 18.3 Å². The molecule has 1 aromatic heterocycles. The lowest BCUT2D eigenvalue weighted by atomic mass is 10.1. The van der Waals surface area contributed by atoms with Gasteiger partial charge in [0, 0.05) is 25.2 Å². The highest BCUT2D eigenvalue weighted by atomic mass is 16.6. The quantitative estimate of drug-likeness (QED) is 0.568. The van der Waals surface area contributed by atoms with Crippen molar-refractivity contribution in [2.45, 2.75) is 19.8 Å². The zero-order chi connectivity index (χ0) is 13.5. The molecule has 1 heterocycles. The number of anilines is 1. The molecule has 18 heavy (non-hydrogen) atoms. The lowest BCUT2D eigenvalue weighted by Crippen LogP contribution is -2.14. The van der Waals surface area contributed by atoms with Gasteiger partial charge < -0.3 is 10.4 Å². The van der Waals surface area contributed by atoms with Crippen molar-refractivity contribution < 1.29 is 14.8 Å². The van der Waals surface area contributed by atoms with Crippen LogP contribution in [0.3, 0.4) is 0 Å². The van der Waals surface area contributed by atoms with Crippen LogP contribution in [0.2, 0.25) is 0 Å². The summed E-state index contributed by atoms with van der Waals surface area (Å²) in [5, 5.41) is 22.1. The van der Waals surface area contributed by atoms with E-state index in [9.17, 15) is 14.9 Å². The maximum atomic E-state index is 10.7. The number of carboxylic acid groups (broad SMARTS) is 1. The van der Waals surface area contributed by atoms with Crippen LogP contribution in [-0.4, -0.2) is 27.5 Å². The molecule has 0 saturated carbocycles. The van der Waals surface area contributed by atoms with Crippen LogP contribution in [0.5, 0.6) is 0 Å². The molecule has 0 saturated heterocycles. The van der Waals surface area contributed by atoms with E-state index >= 15 is 0 Å². The Morgan fingerprint density at radius 2 is 2.39 bits per heavy atom. The predicted molar refractivity (Wildman–Crippen MR) is 65.4 cm³/mol. The zero-order valence-corrected chi connectivity index (χ0v) is 10.00. The molecule has 0 spiro atoms. The van der Waals surface area contributed by atoms with E-state index in [-0.39, 0.29) is 23.8 Å². The maximum absolute atomic E-state index is 10.7. The van der Waals surface area contributed by atoms with Crippen LogP contribution in [0.1, 0.15) is 19.8 Å². The first-order valence-electron chi connectivity index (χ1n) is 5.55. The first kappa shape index (κ1) is 13.9. The Balaban J connectivity index is 2.53. The van der Waals surface area contributed by atoms with Crippen LogP contribution in [-0.2, 0) is 4.79 Å². The fourth-order valence-corrected chi connectivity index (χ4v) is 1.42. The van der Waals surface area contributed by atoms with Crippen LogP contribution < -0.4 is 5.32 Å². The molecule has 2 N–H and O–H groups in total. The van der Waals surface area contributed by atoms with Gasteiger partial charge in [0.1, 0.15) is 0 Å². The van der Waals surface area contributed by atoms with E-state index < -0.39 is 10.9 Å². The number of rotatable bonds is 7. The van der Waals surface area contributed by atoms with E-state index in [0.29, 0.717) is 13.0 Å². The molecule has 7 nitrogen and oxygen atoms in total.